The summed E-state index contributed by atoms with van der Waals surface area (Å²) in [6, 6.07) is 12.8. The van der Waals surface area contributed by atoms with Crippen molar-refractivity contribution in [2.75, 3.05) is 7.11 Å². The van der Waals surface area contributed by atoms with Gasteiger partial charge in [-0.25, -0.2) is 4.39 Å². The van der Waals surface area contributed by atoms with Crippen molar-refractivity contribution in [3.63, 3.8) is 0 Å². The predicted octanol–water partition coefficient (Wildman–Crippen LogP) is 4.45. The van der Waals surface area contributed by atoms with Crippen LogP contribution in [0.25, 0.3) is 27.9 Å². The van der Waals surface area contributed by atoms with Crippen LogP contribution in [0.3, 0.4) is 0 Å². The molecule has 0 atom stereocenters. The van der Waals surface area contributed by atoms with Crippen LogP contribution in [0.5, 0.6) is 5.88 Å². The number of benzene rings is 1. The minimum absolute atomic E-state index is 0.0278. The first-order valence-electron chi connectivity index (χ1n) is 13.1. The SMILES string of the molecule is COCc1cc(-c2nnc3c4ccccc4c(OCc4ccc(C(=O)NC5CCC(C)(F)CC5)cn4)nn23)no1. The first-order chi connectivity index (χ1) is 19.4. The summed E-state index contributed by atoms with van der Waals surface area (Å²) in [7, 11) is 1.57. The second kappa shape index (κ2) is 10.6. The summed E-state index contributed by atoms with van der Waals surface area (Å²) in [6.07, 6.45) is 3.67. The molecule has 12 heteroatoms. The van der Waals surface area contributed by atoms with Gasteiger partial charge in [0.05, 0.1) is 11.3 Å². The Kier molecular flexibility index (Phi) is 6.84. The van der Waals surface area contributed by atoms with Crippen molar-refractivity contribution in [2.24, 2.45) is 0 Å². The molecule has 0 unspecified atom stereocenters. The highest BCUT2D eigenvalue weighted by atomic mass is 19.1. The number of carbonyl (C=O) groups is 1. The number of pyridine rings is 1. The van der Waals surface area contributed by atoms with Crippen molar-refractivity contribution in [1.82, 2.24) is 35.3 Å². The normalized spacial score (nSPS) is 19.2. The maximum absolute atomic E-state index is 14.1. The molecule has 6 rings (SSSR count). The van der Waals surface area contributed by atoms with Gasteiger partial charge in [0, 0.05) is 36.2 Å². The van der Waals surface area contributed by atoms with Crippen LogP contribution in [0, 0.1) is 0 Å². The third-order valence-corrected chi connectivity index (χ3v) is 7.11. The average Bonchev–Trinajstić information content (AvgIpc) is 3.60. The molecule has 40 heavy (non-hydrogen) atoms. The summed E-state index contributed by atoms with van der Waals surface area (Å²) in [5.41, 5.74) is 0.942. The fourth-order valence-corrected chi connectivity index (χ4v) is 4.87. The molecule has 1 aliphatic rings. The van der Waals surface area contributed by atoms with Gasteiger partial charge in [0.2, 0.25) is 11.7 Å². The van der Waals surface area contributed by atoms with Crippen molar-refractivity contribution in [2.45, 2.75) is 57.5 Å². The number of hydrogen-bond donors (Lipinski definition) is 1. The molecule has 1 aliphatic carbocycles. The fourth-order valence-electron chi connectivity index (χ4n) is 4.87. The number of halogens is 1. The molecular formula is C28H28FN7O4. The van der Waals surface area contributed by atoms with Crippen LogP contribution in [0.4, 0.5) is 4.39 Å². The smallest absolute Gasteiger partial charge is 0.253 e. The summed E-state index contributed by atoms with van der Waals surface area (Å²) < 4.78 is 32.2. The Morgan fingerprint density at radius 2 is 1.95 bits per heavy atom. The molecule has 0 saturated heterocycles. The number of alkyl halides is 1. The van der Waals surface area contributed by atoms with E-state index in [9.17, 15) is 9.18 Å². The van der Waals surface area contributed by atoms with E-state index in [1.807, 2.05) is 24.3 Å². The van der Waals surface area contributed by atoms with E-state index in [1.54, 1.807) is 36.7 Å². The zero-order valence-electron chi connectivity index (χ0n) is 22.1. The molecule has 0 radical (unpaired) electrons. The molecule has 0 bridgehead atoms. The van der Waals surface area contributed by atoms with Crippen LogP contribution in [0.1, 0.15) is 54.4 Å². The standard InChI is InChI=1S/C28H28FN7O4/c1-28(29)11-9-18(10-12-28)31-26(37)17-7-8-19(30-14-17)15-39-27-22-6-4-3-5-21(22)24-32-33-25(36(24)34-27)23-13-20(16-38-2)40-35-23/h3-8,13-14,18H,9-12,15-16H2,1-2H3,(H,31,37). The number of carbonyl (C=O) groups excluding carboxylic acids is 1. The molecule has 0 aliphatic heterocycles. The third kappa shape index (κ3) is 5.22. The van der Waals surface area contributed by atoms with Gasteiger partial charge < -0.3 is 19.3 Å². The lowest BCUT2D eigenvalue weighted by Crippen LogP contribution is -2.40. The average molecular weight is 546 g/mol. The fraction of sp³-hybridized carbons (Fsp3) is 0.357. The molecule has 0 spiro atoms. The molecule has 1 fully saturated rings. The van der Waals surface area contributed by atoms with E-state index in [4.69, 9.17) is 14.0 Å². The maximum Gasteiger partial charge on any atom is 0.253 e. The number of fused-ring (bicyclic) bond motifs is 3. The summed E-state index contributed by atoms with van der Waals surface area (Å²) >= 11 is 0. The van der Waals surface area contributed by atoms with E-state index in [2.05, 4.69) is 30.8 Å². The predicted molar refractivity (Wildman–Crippen MR) is 142 cm³/mol. The molecule has 4 heterocycles. The molecule has 206 valence electrons. The minimum Gasteiger partial charge on any atom is -0.470 e. The molecule has 5 aromatic rings. The van der Waals surface area contributed by atoms with Gasteiger partial charge >= 0.3 is 0 Å². The Bertz CT molecular complexity index is 1650. The number of aromatic nitrogens is 6. The number of nitrogens with one attached hydrogen (secondary N) is 1. The highest BCUT2D eigenvalue weighted by molar-refractivity contribution is 5.97. The van der Waals surface area contributed by atoms with Gasteiger partial charge in [-0.05, 0) is 50.8 Å². The topological polar surface area (TPSA) is 130 Å². The molecule has 1 saturated carbocycles. The zero-order chi connectivity index (χ0) is 27.7. The number of methoxy groups -OCH3 is 1. The summed E-state index contributed by atoms with van der Waals surface area (Å²) in [5.74, 6) is 1.10. The third-order valence-electron chi connectivity index (χ3n) is 7.11. The van der Waals surface area contributed by atoms with E-state index < -0.39 is 5.67 Å². The number of nitrogens with zero attached hydrogens (tertiary/aromatic N) is 6. The Morgan fingerprint density at radius 1 is 1.15 bits per heavy atom. The Morgan fingerprint density at radius 3 is 2.70 bits per heavy atom. The number of amides is 1. The Balaban J connectivity index is 1.19. The van der Waals surface area contributed by atoms with Gasteiger partial charge in [0.1, 0.15) is 18.9 Å². The van der Waals surface area contributed by atoms with Gasteiger partial charge in [0.15, 0.2) is 17.1 Å². The first-order valence-corrected chi connectivity index (χ1v) is 13.1. The largest absolute Gasteiger partial charge is 0.470 e. The quantitative estimate of drug-likeness (QED) is 0.300. The first kappa shape index (κ1) is 25.8. The Labute approximate surface area is 228 Å². The van der Waals surface area contributed by atoms with E-state index in [0.717, 1.165) is 10.8 Å². The summed E-state index contributed by atoms with van der Waals surface area (Å²) in [5, 5.41) is 21.9. The van der Waals surface area contributed by atoms with E-state index >= 15 is 0 Å². The van der Waals surface area contributed by atoms with Crippen molar-refractivity contribution in [3.8, 4) is 17.4 Å². The van der Waals surface area contributed by atoms with Crippen molar-refractivity contribution in [3.05, 3.63) is 65.7 Å². The van der Waals surface area contributed by atoms with E-state index in [0.29, 0.717) is 65.7 Å². The molecule has 11 nitrogen and oxygen atoms in total. The number of rotatable bonds is 8. The number of ether oxygens (including phenoxy) is 2. The zero-order valence-corrected chi connectivity index (χ0v) is 22.1. The van der Waals surface area contributed by atoms with Crippen molar-refractivity contribution in [1.29, 1.82) is 0 Å². The maximum atomic E-state index is 14.1. The minimum atomic E-state index is -1.14. The highest BCUT2D eigenvalue weighted by Crippen LogP contribution is 2.32. The second-order valence-electron chi connectivity index (χ2n) is 10.2. The molecule has 1 aromatic carbocycles. The lowest BCUT2D eigenvalue weighted by atomic mass is 9.85. The van der Waals surface area contributed by atoms with Crippen LogP contribution >= 0.6 is 0 Å². The van der Waals surface area contributed by atoms with E-state index in [1.165, 1.54) is 6.20 Å². The molecule has 1 amide bonds. The van der Waals surface area contributed by atoms with Crippen LogP contribution < -0.4 is 10.1 Å². The Hall–Kier alpha value is -4.45. The van der Waals surface area contributed by atoms with Gasteiger partial charge in [0.25, 0.3) is 5.91 Å². The highest BCUT2D eigenvalue weighted by Gasteiger charge is 2.31. The number of hydrogen-bond acceptors (Lipinski definition) is 9. The van der Waals surface area contributed by atoms with Crippen LogP contribution in [-0.2, 0) is 18.0 Å². The molecule has 4 aromatic heterocycles. The lowest BCUT2D eigenvalue weighted by Gasteiger charge is -2.31. The van der Waals surface area contributed by atoms with Crippen LogP contribution in [0.15, 0.2) is 53.2 Å². The van der Waals surface area contributed by atoms with E-state index in [-0.39, 0.29) is 25.2 Å². The second-order valence-corrected chi connectivity index (χ2v) is 10.2. The van der Waals surface area contributed by atoms with Crippen LogP contribution in [-0.4, -0.2) is 54.7 Å². The van der Waals surface area contributed by atoms with Gasteiger partial charge in [-0.2, -0.15) is 4.52 Å². The summed E-state index contributed by atoms with van der Waals surface area (Å²) in [6.45, 7) is 2.02. The molecule has 1 N–H and O–H groups in total. The molecular weight excluding hydrogens is 517 g/mol. The van der Waals surface area contributed by atoms with Crippen molar-refractivity contribution >= 4 is 22.3 Å². The van der Waals surface area contributed by atoms with Gasteiger partial charge in [-0.15, -0.1) is 15.3 Å². The summed E-state index contributed by atoms with van der Waals surface area (Å²) in [4.78, 5) is 17.1. The monoisotopic (exact) mass is 545 g/mol. The van der Waals surface area contributed by atoms with Crippen molar-refractivity contribution < 1.29 is 23.2 Å². The van der Waals surface area contributed by atoms with Gasteiger partial charge in [-0.3, -0.25) is 9.78 Å². The van der Waals surface area contributed by atoms with Crippen LogP contribution in [0.2, 0.25) is 0 Å². The lowest BCUT2D eigenvalue weighted by molar-refractivity contribution is 0.0849. The van der Waals surface area contributed by atoms with Gasteiger partial charge in [-0.1, -0.05) is 23.4 Å².